The maximum Gasteiger partial charge on any atom is 0.256 e. The van der Waals surface area contributed by atoms with Crippen molar-refractivity contribution in [3.63, 3.8) is 0 Å². The molecule has 0 unspecified atom stereocenters. The number of nitrogens with two attached hydrogens (primary N) is 1. The van der Waals surface area contributed by atoms with Gasteiger partial charge in [-0.2, -0.15) is 0 Å². The third-order valence-corrected chi connectivity index (χ3v) is 3.00. The number of nitrogens with zero attached hydrogens (tertiary/aromatic N) is 1. The Kier molecular flexibility index (Phi) is 5.00. The molecule has 106 valence electrons. The summed E-state index contributed by atoms with van der Waals surface area (Å²) in [7, 11) is 0. The van der Waals surface area contributed by atoms with E-state index >= 15 is 0 Å². The van der Waals surface area contributed by atoms with E-state index in [4.69, 9.17) is 5.73 Å². The summed E-state index contributed by atoms with van der Waals surface area (Å²) >= 11 is 0. The highest BCUT2D eigenvalue weighted by molar-refractivity contribution is 5.94. The normalized spacial score (nSPS) is 11.5. The van der Waals surface area contributed by atoms with Crippen molar-refractivity contribution in [2.75, 3.05) is 19.6 Å². The molecule has 1 aromatic carbocycles. The largest absolute Gasteiger partial charge is 0.338 e. The van der Waals surface area contributed by atoms with Gasteiger partial charge in [-0.1, -0.05) is 13.8 Å². The van der Waals surface area contributed by atoms with Crippen molar-refractivity contribution in [1.82, 2.24) is 4.90 Å². The molecule has 0 atom stereocenters. The van der Waals surface area contributed by atoms with Gasteiger partial charge >= 0.3 is 0 Å². The molecule has 0 saturated heterocycles. The van der Waals surface area contributed by atoms with Gasteiger partial charge in [0, 0.05) is 19.2 Å². The molecule has 2 N–H and O–H groups in total. The highest BCUT2D eigenvalue weighted by Crippen LogP contribution is 2.18. The molecule has 3 nitrogen and oxygen atoms in total. The Balaban J connectivity index is 2.96. The third-order valence-electron chi connectivity index (χ3n) is 3.00. The molecular formula is C14H20F2N2O. The molecule has 0 heterocycles. The van der Waals surface area contributed by atoms with Gasteiger partial charge in [0.2, 0.25) is 0 Å². The van der Waals surface area contributed by atoms with Crippen LogP contribution in [0.25, 0.3) is 0 Å². The first-order valence-electron chi connectivity index (χ1n) is 6.25. The molecule has 19 heavy (non-hydrogen) atoms. The van der Waals surface area contributed by atoms with E-state index in [2.05, 4.69) is 0 Å². The molecule has 0 aromatic heterocycles. The Morgan fingerprint density at radius 1 is 1.37 bits per heavy atom. The lowest BCUT2D eigenvalue weighted by atomic mass is 9.93. The molecule has 0 fully saturated rings. The quantitative estimate of drug-likeness (QED) is 0.893. The Hall–Kier alpha value is -1.49. The van der Waals surface area contributed by atoms with Crippen molar-refractivity contribution in [1.29, 1.82) is 0 Å². The third kappa shape index (κ3) is 3.99. The van der Waals surface area contributed by atoms with Gasteiger partial charge in [-0.25, -0.2) is 8.78 Å². The molecule has 1 aromatic rings. The van der Waals surface area contributed by atoms with E-state index in [0.29, 0.717) is 19.6 Å². The SMILES string of the molecule is CCN(CC(C)(C)CN)C(=O)c1ccc(F)cc1F. The van der Waals surface area contributed by atoms with Gasteiger partial charge < -0.3 is 10.6 Å². The lowest BCUT2D eigenvalue weighted by molar-refractivity contribution is 0.0696. The Morgan fingerprint density at radius 3 is 2.47 bits per heavy atom. The van der Waals surface area contributed by atoms with Gasteiger partial charge in [-0.15, -0.1) is 0 Å². The second-order valence-electron chi connectivity index (χ2n) is 5.31. The number of carbonyl (C=O) groups is 1. The summed E-state index contributed by atoms with van der Waals surface area (Å²) in [6, 6.07) is 2.97. The maximum atomic E-state index is 13.6. The molecular weight excluding hydrogens is 250 g/mol. The molecule has 0 spiro atoms. The van der Waals surface area contributed by atoms with E-state index < -0.39 is 17.5 Å². The number of rotatable bonds is 5. The van der Waals surface area contributed by atoms with Gasteiger partial charge in [0.05, 0.1) is 5.56 Å². The van der Waals surface area contributed by atoms with Gasteiger partial charge in [0.1, 0.15) is 11.6 Å². The lowest BCUT2D eigenvalue weighted by Crippen LogP contribution is -2.42. The zero-order valence-corrected chi connectivity index (χ0v) is 11.5. The van der Waals surface area contributed by atoms with Crippen LogP contribution in [0, 0.1) is 17.0 Å². The van der Waals surface area contributed by atoms with Crippen LogP contribution in [0.1, 0.15) is 31.1 Å². The minimum Gasteiger partial charge on any atom is -0.338 e. The van der Waals surface area contributed by atoms with Gasteiger partial charge in [-0.3, -0.25) is 4.79 Å². The molecule has 0 aliphatic heterocycles. The summed E-state index contributed by atoms with van der Waals surface area (Å²) in [5, 5.41) is 0. The van der Waals surface area contributed by atoms with E-state index in [9.17, 15) is 13.6 Å². The van der Waals surface area contributed by atoms with Crippen LogP contribution in [0.15, 0.2) is 18.2 Å². The molecule has 0 radical (unpaired) electrons. The molecule has 0 bridgehead atoms. The number of hydrogen-bond donors (Lipinski definition) is 1. The van der Waals surface area contributed by atoms with Crippen LogP contribution in [0.3, 0.4) is 0 Å². The van der Waals surface area contributed by atoms with Crippen molar-refractivity contribution >= 4 is 5.91 Å². The van der Waals surface area contributed by atoms with Crippen LogP contribution < -0.4 is 5.73 Å². The van der Waals surface area contributed by atoms with Crippen molar-refractivity contribution in [2.24, 2.45) is 11.1 Å². The summed E-state index contributed by atoms with van der Waals surface area (Å²) in [6.45, 7) is 6.97. The number of hydrogen-bond acceptors (Lipinski definition) is 2. The summed E-state index contributed by atoms with van der Waals surface area (Å²) in [6.07, 6.45) is 0. The number of carbonyl (C=O) groups excluding carboxylic acids is 1. The maximum absolute atomic E-state index is 13.6. The lowest BCUT2D eigenvalue weighted by Gasteiger charge is -2.31. The minimum absolute atomic E-state index is 0.115. The molecule has 1 amide bonds. The predicted molar refractivity (Wildman–Crippen MR) is 70.8 cm³/mol. The first-order chi connectivity index (χ1) is 8.80. The minimum atomic E-state index is -0.839. The summed E-state index contributed by atoms with van der Waals surface area (Å²) in [4.78, 5) is 13.7. The van der Waals surface area contributed by atoms with E-state index in [1.54, 1.807) is 0 Å². The van der Waals surface area contributed by atoms with Crippen LogP contribution in [0.5, 0.6) is 0 Å². The fraction of sp³-hybridized carbons (Fsp3) is 0.500. The van der Waals surface area contributed by atoms with Crippen LogP contribution >= 0.6 is 0 Å². The first-order valence-corrected chi connectivity index (χ1v) is 6.25. The molecule has 5 heteroatoms. The van der Waals surface area contributed by atoms with E-state index in [1.807, 2.05) is 20.8 Å². The second kappa shape index (κ2) is 6.10. The number of halogens is 2. The molecule has 0 aliphatic rings. The smallest absolute Gasteiger partial charge is 0.256 e. The highest BCUT2D eigenvalue weighted by Gasteiger charge is 2.25. The average molecular weight is 270 g/mol. The van der Waals surface area contributed by atoms with Crippen molar-refractivity contribution in [2.45, 2.75) is 20.8 Å². The zero-order chi connectivity index (χ0) is 14.6. The van der Waals surface area contributed by atoms with Crippen molar-refractivity contribution in [3.05, 3.63) is 35.4 Å². The first kappa shape index (κ1) is 15.6. The highest BCUT2D eigenvalue weighted by atomic mass is 19.1. The predicted octanol–water partition coefficient (Wildman–Crippen LogP) is 2.41. The molecule has 0 aliphatic carbocycles. The fourth-order valence-electron chi connectivity index (χ4n) is 1.74. The number of amides is 1. The average Bonchev–Trinajstić information content (AvgIpc) is 2.35. The summed E-state index contributed by atoms with van der Waals surface area (Å²) in [5.41, 5.74) is 5.27. The van der Waals surface area contributed by atoms with Gasteiger partial charge in [0.25, 0.3) is 5.91 Å². The van der Waals surface area contributed by atoms with Gasteiger partial charge in [-0.05, 0) is 31.0 Å². The monoisotopic (exact) mass is 270 g/mol. The van der Waals surface area contributed by atoms with Crippen LogP contribution in [-0.2, 0) is 0 Å². The zero-order valence-electron chi connectivity index (χ0n) is 11.5. The van der Waals surface area contributed by atoms with Crippen molar-refractivity contribution in [3.8, 4) is 0 Å². The van der Waals surface area contributed by atoms with E-state index in [0.717, 1.165) is 12.1 Å². The topological polar surface area (TPSA) is 46.3 Å². The molecule has 1 rings (SSSR count). The standard InChI is InChI=1S/C14H20F2N2O/c1-4-18(9-14(2,3)8-17)13(19)11-6-5-10(15)7-12(11)16/h5-7H,4,8-9,17H2,1-3H3. The second-order valence-corrected chi connectivity index (χ2v) is 5.31. The van der Waals surface area contributed by atoms with Crippen LogP contribution in [0.2, 0.25) is 0 Å². The van der Waals surface area contributed by atoms with Crippen LogP contribution in [0.4, 0.5) is 8.78 Å². The Morgan fingerprint density at radius 2 is 2.00 bits per heavy atom. The molecule has 0 saturated carbocycles. The fourth-order valence-corrected chi connectivity index (χ4v) is 1.74. The Bertz CT molecular complexity index is 461. The summed E-state index contributed by atoms with van der Waals surface area (Å²) < 4.78 is 26.4. The van der Waals surface area contributed by atoms with E-state index in [1.165, 1.54) is 11.0 Å². The van der Waals surface area contributed by atoms with Crippen molar-refractivity contribution < 1.29 is 13.6 Å². The number of benzene rings is 1. The summed E-state index contributed by atoms with van der Waals surface area (Å²) in [5.74, 6) is -1.98. The Labute approximate surface area is 112 Å². The van der Waals surface area contributed by atoms with Crippen LogP contribution in [-0.4, -0.2) is 30.4 Å². The van der Waals surface area contributed by atoms with E-state index in [-0.39, 0.29) is 11.0 Å². The van der Waals surface area contributed by atoms with Gasteiger partial charge in [0.15, 0.2) is 0 Å².